The van der Waals surface area contributed by atoms with Gasteiger partial charge in [0.15, 0.2) is 12.4 Å². The van der Waals surface area contributed by atoms with Gasteiger partial charge in [0.2, 0.25) is 5.88 Å². The van der Waals surface area contributed by atoms with Crippen molar-refractivity contribution in [1.82, 2.24) is 19.9 Å². The Morgan fingerprint density at radius 3 is 2.40 bits per heavy atom. The molecule has 0 amide bonds. The van der Waals surface area contributed by atoms with Crippen molar-refractivity contribution in [1.29, 1.82) is 0 Å². The van der Waals surface area contributed by atoms with Crippen molar-refractivity contribution in [3.63, 3.8) is 0 Å². The van der Waals surface area contributed by atoms with Gasteiger partial charge >= 0.3 is 12.2 Å². The topological polar surface area (TPSA) is 60.4 Å². The summed E-state index contributed by atoms with van der Waals surface area (Å²) in [7, 11) is 0. The predicted molar refractivity (Wildman–Crippen MR) is 135 cm³/mol. The summed E-state index contributed by atoms with van der Waals surface area (Å²) in [6.07, 6.45) is -2.63. The van der Waals surface area contributed by atoms with Gasteiger partial charge in [-0.05, 0) is 44.2 Å². The van der Waals surface area contributed by atoms with Crippen LogP contribution in [0.5, 0.6) is 11.9 Å². The van der Waals surface area contributed by atoms with E-state index >= 15 is 4.39 Å². The van der Waals surface area contributed by atoms with Crippen molar-refractivity contribution in [3.05, 3.63) is 54.0 Å². The van der Waals surface area contributed by atoms with Gasteiger partial charge in [-0.2, -0.15) is 23.1 Å². The zero-order valence-electron chi connectivity index (χ0n) is 21.1. The van der Waals surface area contributed by atoms with Gasteiger partial charge in [-0.25, -0.2) is 13.2 Å². The third kappa shape index (κ3) is 4.78. The highest BCUT2D eigenvalue weighted by Crippen LogP contribution is 2.40. The molecule has 0 radical (unpaired) electrons. The molecule has 4 heterocycles. The fourth-order valence-electron chi connectivity index (χ4n) is 5.93. The second kappa shape index (κ2) is 10.1. The van der Waals surface area contributed by atoms with Crippen LogP contribution in [0.15, 0.2) is 42.6 Å². The molecule has 0 atom stereocenters. The average molecular weight is 563 g/mol. The number of alkyl halides is 5. The zero-order chi connectivity index (χ0) is 28.1. The number of halogens is 6. The normalized spacial score (nSPS) is 17.2. The van der Waals surface area contributed by atoms with E-state index in [0.29, 0.717) is 5.39 Å². The fraction of sp³-hybridized carbons (Fsp3) is 0.393. The number of pyridine rings is 1. The SMILES string of the molecule is Fc1c(-c2cccc3cccc(C(F)F)c23)ncc2c(OCC(F)(F)F)nc(OCC34CCCN3CCC4)nc12. The molecule has 210 valence electrons. The van der Waals surface area contributed by atoms with Gasteiger partial charge < -0.3 is 9.47 Å². The molecule has 0 saturated carbocycles. The molecule has 40 heavy (non-hydrogen) atoms. The first-order valence-corrected chi connectivity index (χ1v) is 12.9. The second-order valence-corrected chi connectivity index (χ2v) is 10.2. The Balaban J connectivity index is 1.46. The van der Waals surface area contributed by atoms with Crippen molar-refractivity contribution >= 4 is 21.7 Å². The quantitative estimate of drug-likeness (QED) is 0.229. The van der Waals surface area contributed by atoms with Crippen LogP contribution in [0, 0.1) is 5.82 Å². The van der Waals surface area contributed by atoms with Crippen LogP contribution < -0.4 is 9.47 Å². The molecule has 12 heteroatoms. The van der Waals surface area contributed by atoms with Crippen LogP contribution in [0.2, 0.25) is 0 Å². The summed E-state index contributed by atoms with van der Waals surface area (Å²) in [4.78, 5) is 14.6. The summed E-state index contributed by atoms with van der Waals surface area (Å²) in [5.41, 5.74) is -1.09. The Bertz CT molecular complexity index is 1560. The summed E-state index contributed by atoms with van der Waals surface area (Å²) in [6, 6.07) is 8.68. The number of fused-ring (bicyclic) bond motifs is 3. The minimum absolute atomic E-state index is 0.0954. The highest BCUT2D eigenvalue weighted by atomic mass is 19.4. The number of rotatable bonds is 7. The molecule has 2 saturated heterocycles. The van der Waals surface area contributed by atoms with Gasteiger partial charge in [-0.15, -0.1) is 0 Å². The van der Waals surface area contributed by atoms with Crippen LogP contribution in [-0.2, 0) is 0 Å². The number of hydrogen-bond donors (Lipinski definition) is 0. The summed E-state index contributed by atoms with van der Waals surface area (Å²) in [6.45, 7) is 0.382. The molecule has 0 unspecified atom stereocenters. The first-order valence-electron chi connectivity index (χ1n) is 12.9. The summed E-state index contributed by atoms with van der Waals surface area (Å²) >= 11 is 0. The van der Waals surface area contributed by atoms with Crippen LogP contribution in [0.4, 0.5) is 26.3 Å². The molecule has 2 aliphatic rings. The predicted octanol–water partition coefficient (Wildman–Crippen LogP) is 6.87. The molecule has 0 spiro atoms. The van der Waals surface area contributed by atoms with Crippen molar-refractivity contribution in [2.75, 3.05) is 26.3 Å². The number of nitrogens with zero attached hydrogens (tertiary/aromatic N) is 4. The van der Waals surface area contributed by atoms with E-state index in [1.54, 1.807) is 18.2 Å². The zero-order valence-corrected chi connectivity index (χ0v) is 21.1. The van der Waals surface area contributed by atoms with E-state index in [2.05, 4.69) is 19.9 Å². The molecule has 4 aromatic rings. The molecule has 0 bridgehead atoms. The van der Waals surface area contributed by atoms with Crippen LogP contribution in [0.1, 0.15) is 37.7 Å². The molecule has 2 fully saturated rings. The maximum absolute atomic E-state index is 16.1. The molecular formula is C28H24F6N4O2. The third-order valence-corrected chi connectivity index (χ3v) is 7.71. The third-order valence-electron chi connectivity index (χ3n) is 7.71. The molecular weight excluding hydrogens is 538 g/mol. The maximum atomic E-state index is 16.1. The van der Waals surface area contributed by atoms with E-state index in [4.69, 9.17) is 9.47 Å². The van der Waals surface area contributed by atoms with Gasteiger partial charge in [-0.1, -0.05) is 36.4 Å². The van der Waals surface area contributed by atoms with Gasteiger partial charge in [0.05, 0.1) is 10.9 Å². The Morgan fingerprint density at radius 1 is 0.975 bits per heavy atom. The van der Waals surface area contributed by atoms with E-state index < -0.39 is 30.9 Å². The highest BCUT2D eigenvalue weighted by Gasteiger charge is 2.45. The average Bonchev–Trinajstić information content (AvgIpc) is 3.50. The second-order valence-electron chi connectivity index (χ2n) is 10.2. The first-order chi connectivity index (χ1) is 19.2. The molecule has 2 aromatic carbocycles. The molecule has 6 nitrogen and oxygen atoms in total. The number of ether oxygens (including phenoxy) is 2. The van der Waals surface area contributed by atoms with Crippen LogP contribution in [-0.4, -0.2) is 57.9 Å². The van der Waals surface area contributed by atoms with E-state index in [-0.39, 0.29) is 51.3 Å². The molecule has 6 rings (SSSR count). The van der Waals surface area contributed by atoms with Crippen molar-refractivity contribution in [2.45, 2.75) is 43.8 Å². The standard InChI is InChI=1S/C28H24F6N4O2/c29-21-22(17-7-1-5-16-6-2-8-18(20(16)17)24(30)31)35-13-19-23(21)36-26(37-25(19)39-15-28(32,33)34)40-14-27-9-3-11-38(27)12-4-10-27/h1-2,5-8,13,24H,3-4,9-12,14-15H2. The Hall–Kier alpha value is -3.67. The van der Waals surface area contributed by atoms with Gasteiger partial charge in [-0.3, -0.25) is 9.88 Å². The first kappa shape index (κ1) is 26.5. The minimum Gasteiger partial charge on any atom is -0.467 e. The Labute approximate surface area is 224 Å². The largest absolute Gasteiger partial charge is 0.467 e. The Kier molecular flexibility index (Phi) is 6.68. The van der Waals surface area contributed by atoms with Crippen molar-refractivity contribution < 1.29 is 35.8 Å². The number of benzene rings is 2. The van der Waals surface area contributed by atoms with Crippen LogP contribution in [0.3, 0.4) is 0 Å². The maximum Gasteiger partial charge on any atom is 0.422 e. The van der Waals surface area contributed by atoms with E-state index in [1.807, 2.05) is 0 Å². The lowest BCUT2D eigenvalue weighted by Gasteiger charge is -2.31. The monoisotopic (exact) mass is 562 g/mol. The van der Waals surface area contributed by atoms with Crippen LogP contribution >= 0.6 is 0 Å². The number of aromatic nitrogens is 3. The minimum atomic E-state index is -4.67. The van der Waals surface area contributed by atoms with E-state index in [1.165, 1.54) is 18.2 Å². The molecule has 0 N–H and O–H groups in total. The van der Waals surface area contributed by atoms with Crippen LogP contribution in [0.25, 0.3) is 32.9 Å². The Morgan fingerprint density at radius 2 is 1.70 bits per heavy atom. The molecule has 0 aliphatic carbocycles. The van der Waals surface area contributed by atoms with Crippen molar-refractivity contribution in [2.24, 2.45) is 0 Å². The van der Waals surface area contributed by atoms with Crippen molar-refractivity contribution in [3.8, 4) is 23.1 Å². The van der Waals surface area contributed by atoms with Gasteiger partial charge in [0, 0.05) is 22.7 Å². The van der Waals surface area contributed by atoms with Gasteiger partial charge in [0.1, 0.15) is 17.8 Å². The lowest BCUT2D eigenvalue weighted by Crippen LogP contribution is -2.43. The van der Waals surface area contributed by atoms with Gasteiger partial charge in [0.25, 0.3) is 6.43 Å². The molecule has 2 aromatic heterocycles. The lowest BCUT2D eigenvalue weighted by molar-refractivity contribution is -0.153. The summed E-state index contributed by atoms with van der Waals surface area (Å²) in [5, 5.41) is 0.370. The lowest BCUT2D eigenvalue weighted by atomic mass is 9.95. The summed E-state index contributed by atoms with van der Waals surface area (Å²) < 4.78 is 93.7. The summed E-state index contributed by atoms with van der Waals surface area (Å²) in [5.74, 6) is -1.55. The smallest absolute Gasteiger partial charge is 0.422 e. The highest BCUT2D eigenvalue weighted by molar-refractivity contribution is 6.00. The van der Waals surface area contributed by atoms with E-state index in [9.17, 15) is 22.0 Å². The fourth-order valence-corrected chi connectivity index (χ4v) is 5.93. The molecule has 2 aliphatic heterocycles. The number of hydrogen-bond acceptors (Lipinski definition) is 6. The van der Waals surface area contributed by atoms with E-state index in [0.717, 1.165) is 45.0 Å².